The van der Waals surface area contributed by atoms with Crippen LogP contribution in [0.25, 0.3) is 130 Å². The summed E-state index contributed by atoms with van der Waals surface area (Å²) in [6.07, 6.45) is 0. The van der Waals surface area contributed by atoms with Gasteiger partial charge >= 0.3 is 0 Å². The van der Waals surface area contributed by atoms with E-state index in [-0.39, 0.29) is 0 Å². The van der Waals surface area contributed by atoms with E-state index in [0.29, 0.717) is 71.0 Å². The maximum Gasteiger partial charge on any atom is 0.0891 e. The lowest BCUT2D eigenvalue weighted by atomic mass is 9.93. The van der Waals surface area contributed by atoms with E-state index in [1.54, 1.807) is 63.8 Å². The molecule has 0 aliphatic heterocycles. The zero-order chi connectivity index (χ0) is 78.8. The van der Waals surface area contributed by atoms with Crippen LogP contribution >= 0.6 is 0 Å². The van der Waals surface area contributed by atoms with Crippen LogP contribution in [0.15, 0.2) is 182 Å². The standard InChI is InChI=1S/C106H138Si4/c1-67(2)55-107(56-68(3)4,57-69(5)6)103-95-47-87-38-36-85(45-89(87)49-97(95)105(109(61-73(13)14,62-74(15)16)63-75(17)18)101-53-93-43-81-32-27-25-30-79(81)41-91(93)51-99(101)103)83-34-29-35-84(40-83)86-37-39-88-48-96-98(50-90(88)46-86)106(110(64-76(19)20,65-77(21)22)66-78(23)24)102-54-94-44-82-33-28-26-31-80(82)42-92(94)52-100(102)104(96)108(58-70(7)8,59-71(9)10)60-72(11)12/h25-54,67-78H,55-66H2,1-24H3. The summed E-state index contributed by atoms with van der Waals surface area (Å²) < 4.78 is 0. The van der Waals surface area contributed by atoms with Crippen LogP contribution in [-0.2, 0) is 0 Å². The highest BCUT2D eigenvalue weighted by Crippen LogP contribution is 2.47. The second kappa shape index (κ2) is 32.7. The smallest absolute Gasteiger partial charge is 0.0630 e. The molecule has 0 spiro atoms. The van der Waals surface area contributed by atoms with Crippen molar-refractivity contribution in [3.05, 3.63) is 182 Å². The maximum atomic E-state index is 2.80. The highest BCUT2D eigenvalue weighted by molar-refractivity contribution is 7.00. The second-order valence-corrected chi connectivity index (χ2v) is 58.3. The topological polar surface area (TPSA) is 0 Å². The average Bonchev–Trinajstić information content (AvgIpc) is 0.703. The number of benzene rings is 13. The SMILES string of the molecule is CC(C)C[Si](CC(C)C)(CC(C)C)c1c2cc3ccc(-c4cccc(-c5ccc6cc7c([Si](CC(C)C)(CC(C)C)CC(C)C)c8cc9cc%10ccccc%10cc9cc8c([Si](CC(C)C)(CC(C)C)CC(C)C)c7cc6c5)c4)cc3cc2c([Si](CC(C)C)(CC(C)C)CC(C)C)c2cc3cc4ccccc4cc3cc12. The zero-order valence-corrected chi connectivity index (χ0v) is 76.7. The first-order valence-electron chi connectivity index (χ1n) is 43.9. The molecule has 13 aromatic carbocycles. The van der Waals surface area contributed by atoms with Crippen molar-refractivity contribution in [2.24, 2.45) is 71.0 Å². The molecule has 4 heteroatoms. The van der Waals surface area contributed by atoms with Gasteiger partial charge < -0.3 is 0 Å². The Balaban J connectivity index is 1.09. The van der Waals surface area contributed by atoms with Gasteiger partial charge in [-0.25, -0.2) is 0 Å². The van der Waals surface area contributed by atoms with E-state index in [0.717, 1.165) is 0 Å². The van der Waals surface area contributed by atoms with Crippen LogP contribution in [0.3, 0.4) is 0 Å². The molecule has 0 fully saturated rings. The Morgan fingerprint density at radius 3 is 0.509 bits per heavy atom. The monoisotopic (exact) mass is 1520 g/mol. The Morgan fingerprint density at radius 2 is 0.318 bits per heavy atom. The van der Waals surface area contributed by atoms with Crippen LogP contribution in [0.5, 0.6) is 0 Å². The van der Waals surface area contributed by atoms with E-state index in [9.17, 15) is 0 Å². The highest BCUT2D eigenvalue weighted by atomic mass is 28.3. The van der Waals surface area contributed by atoms with Gasteiger partial charge in [0, 0.05) is 0 Å². The maximum absolute atomic E-state index is 2.80. The van der Waals surface area contributed by atoms with E-state index in [1.165, 1.54) is 159 Å². The Hall–Kier alpha value is -6.67. The lowest BCUT2D eigenvalue weighted by Crippen LogP contribution is -2.55. The summed E-state index contributed by atoms with van der Waals surface area (Å²) in [5, 5.41) is 36.3. The molecular formula is C106H138Si4. The predicted octanol–water partition coefficient (Wildman–Crippen LogP) is 31.0. The largest absolute Gasteiger partial charge is 0.0891 e. The fourth-order valence-electron chi connectivity index (χ4n) is 23.9. The number of rotatable bonds is 30. The van der Waals surface area contributed by atoms with Gasteiger partial charge in [-0.1, -0.05) is 330 Å². The predicted molar refractivity (Wildman–Crippen MR) is 510 cm³/mol. The molecular weight excluding hydrogens is 1390 g/mol. The van der Waals surface area contributed by atoms with Gasteiger partial charge in [0.05, 0.1) is 32.3 Å². The van der Waals surface area contributed by atoms with E-state index in [1.807, 2.05) is 0 Å². The molecule has 0 aliphatic rings. The van der Waals surface area contributed by atoms with Gasteiger partial charge in [0.25, 0.3) is 0 Å². The normalized spacial score (nSPS) is 13.4. The summed E-state index contributed by atoms with van der Waals surface area (Å²) >= 11 is 0. The minimum Gasteiger partial charge on any atom is -0.0630 e. The van der Waals surface area contributed by atoms with Crippen LogP contribution in [0.1, 0.15) is 166 Å². The Kier molecular flexibility index (Phi) is 24.2. The van der Waals surface area contributed by atoms with Gasteiger partial charge in [-0.3, -0.25) is 0 Å². The van der Waals surface area contributed by atoms with Crippen molar-refractivity contribution >= 4 is 161 Å². The summed E-state index contributed by atoms with van der Waals surface area (Å²) in [5.74, 6) is 7.11. The summed E-state index contributed by atoms with van der Waals surface area (Å²) in [6.45, 7) is 61.0. The molecule has 0 radical (unpaired) electrons. The first-order chi connectivity index (χ1) is 52.1. The van der Waals surface area contributed by atoms with Crippen molar-refractivity contribution in [3.63, 3.8) is 0 Å². The molecule has 0 saturated heterocycles. The van der Waals surface area contributed by atoms with Crippen LogP contribution < -0.4 is 20.7 Å². The molecule has 0 aromatic heterocycles. The Bertz CT molecular complexity index is 5070. The quantitative estimate of drug-likeness (QED) is 0.0311. The first kappa shape index (κ1) is 81.3. The molecule has 578 valence electrons. The minimum absolute atomic E-state index is 0.588. The minimum atomic E-state index is -2.33. The van der Waals surface area contributed by atoms with Crippen LogP contribution in [0, 0.1) is 71.0 Å². The van der Waals surface area contributed by atoms with Crippen LogP contribution in [0.4, 0.5) is 0 Å². The Morgan fingerprint density at radius 1 is 0.155 bits per heavy atom. The van der Waals surface area contributed by atoms with E-state index < -0.39 is 32.3 Å². The summed E-state index contributed by atoms with van der Waals surface area (Å²) in [6, 6.07) is 91.1. The van der Waals surface area contributed by atoms with Crippen molar-refractivity contribution in [1.29, 1.82) is 0 Å². The third kappa shape index (κ3) is 16.7. The van der Waals surface area contributed by atoms with E-state index in [4.69, 9.17) is 0 Å². The zero-order valence-electron chi connectivity index (χ0n) is 72.7. The molecule has 0 nitrogen and oxygen atoms in total. The van der Waals surface area contributed by atoms with Gasteiger partial charge in [0.1, 0.15) is 0 Å². The number of fused-ring (bicyclic) bond motifs is 10. The molecule has 0 N–H and O–H groups in total. The molecule has 0 amide bonds. The van der Waals surface area contributed by atoms with E-state index >= 15 is 0 Å². The van der Waals surface area contributed by atoms with Gasteiger partial charge in [0.15, 0.2) is 0 Å². The summed E-state index contributed by atoms with van der Waals surface area (Å²) in [4.78, 5) is 0. The fourth-order valence-corrected chi connectivity index (χ4v) is 53.4. The summed E-state index contributed by atoms with van der Waals surface area (Å²) in [5.41, 5.74) is 5.17. The molecule has 0 saturated carbocycles. The molecule has 13 rings (SSSR count). The van der Waals surface area contributed by atoms with Gasteiger partial charge in [-0.15, -0.1) is 0 Å². The van der Waals surface area contributed by atoms with Crippen molar-refractivity contribution in [2.75, 3.05) is 0 Å². The first-order valence-corrected chi connectivity index (χ1v) is 54.4. The number of hydrogen-bond acceptors (Lipinski definition) is 0. The molecule has 0 bridgehead atoms. The molecule has 0 heterocycles. The van der Waals surface area contributed by atoms with Crippen molar-refractivity contribution in [2.45, 2.75) is 239 Å². The van der Waals surface area contributed by atoms with Crippen LogP contribution in [0.2, 0.25) is 72.5 Å². The summed E-state index contributed by atoms with van der Waals surface area (Å²) in [7, 11) is -9.25. The van der Waals surface area contributed by atoms with Gasteiger partial charge in [-0.2, -0.15) is 0 Å². The third-order valence-corrected chi connectivity index (χ3v) is 50.6. The second-order valence-electron chi connectivity index (χ2n) is 41.2. The molecule has 0 atom stereocenters. The van der Waals surface area contributed by atoms with Crippen molar-refractivity contribution in [3.8, 4) is 22.3 Å². The lowest BCUT2D eigenvalue weighted by molar-refractivity contribution is 0.649. The van der Waals surface area contributed by atoms with Gasteiger partial charge in [0.2, 0.25) is 0 Å². The van der Waals surface area contributed by atoms with E-state index in [2.05, 4.69) is 348 Å². The molecule has 0 aliphatic carbocycles. The molecule has 13 aromatic rings. The van der Waals surface area contributed by atoms with Crippen LogP contribution in [-0.4, -0.2) is 32.3 Å². The van der Waals surface area contributed by atoms with Gasteiger partial charge in [-0.05, 0) is 313 Å². The third-order valence-electron chi connectivity index (χ3n) is 25.0. The lowest BCUT2D eigenvalue weighted by Gasteiger charge is -2.42. The average molecular weight is 1520 g/mol. The molecule has 110 heavy (non-hydrogen) atoms. The van der Waals surface area contributed by atoms with Crippen molar-refractivity contribution < 1.29 is 0 Å². The highest BCUT2D eigenvalue weighted by Gasteiger charge is 2.47. The molecule has 0 unspecified atom stereocenters. The van der Waals surface area contributed by atoms with Crippen molar-refractivity contribution in [1.82, 2.24) is 0 Å². The Labute approximate surface area is 669 Å². The number of hydrogen-bond donors (Lipinski definition) is 0. The fraction of sp³-hybridized carbons (Fsp3) is 0.453.